The molecule has 9 heteroatoms. The lowest BCUT2D eigenvalue weighted by Crippen LogP contribution is -2.45. The number of carboxylic acids is 1. The predicted molar refractivity (Wildman–Crippen MR) is 59.5 cm³/mol. The Labute approximate surface area is 102 Å². The maximum absolute atomic E-state index is 11.5. The van der Waals surface area contributed by atoms with E-state index in [-0.39, 0.29) is 5.69 Å². The number of carbonyl (C=O) groups is 2. The molecule has 0 spiro atoms. The summed E-state index contributed by atoms with van der Waals surface area (Å²) in [5.41, 5.74) is -0.0564. The van der Waals surface area contributed by atoms with Gasteiger partial charge in [0.15, 0.2) is 0 Å². The minimum absolute atomic E-state index is 0.0564. The van der Waals surface area contributed by atoms with Gasteiger partial charge in [-0.05, 0) is 12.1 Å². The number of nitrogens with one attached hydrogen (secondary N) is 1. The van der Waals surface area contributed by atoms with Crippen LogP contribution in [-0.2, 0) is 14.9 Å². The Bertz CT molecular complexity index is 541. The molecule has 0 saturated heterocycles. The van der Waals surface area contributed by atoms with Crippen molar-refractivity contribution in [1.82, 2.24) is 10.3 Å². The maximum atomic E-state index is 11.5. The van der Waals surface area contributed by atoms with E-state index in [9.17, 15) is 18.0 Å². The minimum Gasteiger partial charge on any atom is -0.480 e. The van der Waals surface area contributed by atoms with Crippen LogP contribution in [0.4, 0.5) is 0 Å². The van der Waals surface area contributed by atoms with Crippen LogP contribution in [0.15, 0.2) is 24.4 Å². The van der Waals surface area contributed by atoms with Gasteiger partial charge in [-0.25, -0.2) is 4.79 Å². The first-order valence-electron chi connectivity index (χ1n) is 4.69. The van der Waals surface area contributed by atoms with Gasteiger partial charge >= 0.3 is 5.97 Å². The normalized spacial score (nSPS) is 12.7. The van der Waals surface area contributed by atoms with Crippen LogP contribution in [0.5, 0.6) is 0 Å². The second-order valence-corrected chi connectivity index (χ2v) is 4.83. The Kier molecular flexibility index (Phi) is 4.34. The molecule has 1 aromatic rings. The number of rotatable bonds is 5. The van der Waals surface area contributed by atoms with Crippen molar-refractivity contribution in [3.05, 3.63) is 30.1 Å². The summed E-state index contributed by atoms with van der Waals surface area (Å²) in [5, 5.41) is 10.7. The average molecular weight is 274 g/mol. The molecule has 18 heavy (non-hydrogen) atoms. The van der Waals surface area contributed by atoms with Crippen molar-refractivity contribution in [1.29, 1.82) is 0 Å². The first kappa shape index (κ1) is 14.1. The summed E-state index contributed by atoms with van der Waals surface area (Å²) >= 11 is 0. The Morgan fingerprint density at radius 2 is 2.06 bits per heavy atom. The predicted octanol–water partition coefficient (Wildman–Crippen LogP) is -0.848. The Morgan fingerprint density at radius 1 is 1.39 bits per heavy atom. The highest BCUT2D eigenvalue weighted by Crippen LogP contribution is 1.97. The van der Waals surface area contributed by atoms with Gasteiger partial charge in [-0.1, -0.05) is 6.07 Å². The molecule has 1 heterocycles. The third-order valence-electron chi connectivity index (χ3n) is 1.88. The summed E-state index contributed by atoms with van der Waals surface area (Å²) in [6.07, 6.45) is 1.33. The topological polar surface area (TPSA) is 134 Å². The van der Waals surface area contributed by atoms with Crippen molar-refractivity contribution < 1.29 is 27.7 Å². The highest BCUT2D eigenvalue weighted by molar-refractivity contribution is 7.85. The van der Waals surface area contributed by atoms with Gasteiger partial charge in [0.05, 0.1) is 0 Å². The Hall–Kier alpha value is -2.00. The molecule has 0 saturated carbocycles. The van der Waals surface area contributed by atoms with Crippen LogP contribution in [0.25, 0.3) is 0 Å². The fourth-order valence-electron chi connectivity index (χ4n) is 1.11. The van der Waals surface area contributed by atoms with E-state index in [1.54, 1.807) is 6.07 Å². The lowest BCUT2D eigenvalue weighted by atomic mass is 10.3. The van der Waals surface area contributed by atoms with Gasteiger partial charge in [-0.2, -0.15) is 8.42 Å². The Balaban J connectivity index is 2.80. The molecule has 3 N–H and O–H groups in total. The zero-order valence-electron chi connectivity index (χ0n) is 8.98. The lowest BCUT2D eigenvalue weighted by Gasteiger charge is -2.12. The van der Waals surface area contributed by atoms with E-state index in [2.05, 4.69) is 4.98 Å². The number of hydrogen-bond donors (Lipinski definition) is 3. The number of carboxylic acid groups (broad SMARTS) is 1. The zero-order valence-corrected chi connectivity index (χ0v) is 9.79. The fourth-order valence-corrected chi connectivity index (χ4v) is 1.76. The van der Waals surface area contributed by atoms with E-state index < -0.39 is 33.8 Å². The molecule has 0 bridgehead atoms. The zero-order chi connectivity index (χ0) is 13.8. The molecule has 1 aromatic heterocycles. The van der Waals surface area contributed by atoms with Crippen LogP contribution < -0.4 is 5.32 Å². The summed E-state index contributed by atoms with van der Waals surface area (Å²) in [6.45, 7) is 0. The van der Waals surface area contributed by atoms with Crippen molar-refractivity contribution in [2.45, 2.75) is 6.04 Å². The molecule has 8 nitrogen and oxygen atoms in total. The first-order valence-corrected chi connectivity index (χ1v) is 6.30. The highest BCUT2D eigenvalue weighted by Gasteiger charge is 2.26. The molecule has 0 aliphatic heterocycles. The van der Waals surface area contributed by atoms with E-state index in [0.29, 0.717) is 0 Å². The summed E-state index contributed by atoms with van der Waals surface area (Å²) in [5.74, 6) is -3.52. The van der Waals surface area contributed by atoms with Gasteiger partial charge in [-0.3, -0.25) is 14.3 Å². The molecule has 0 aromatic carbocycles. The van der Waals surface area contributed by atoms with E-state index in [4.69, 9.17) is 9.66 Å². The molecule has 0 fully saturated rings. The van der Waals surface area contributed by atoms with Crippen molar-refractivity contribution in [2.75, 3.05) is 5.75 Å². The highest BCUT2D eigenvalue weighted by atomic mass is 32.2. The molecule has 1 rings (SSSR count). The molecule has 98 valence electrons. The molecule has 1 amide bonds. The maximum Gasteiger partial charge on any atom is 0.327 e. The molecular weight excluding hydrogens is 264 g/mol. The van der Waals surface area contributed by atoms with E-state index in [1.807, 2.05) is 5.32 Å². The third-order valence-corrected chi connectivity index (χ3v) is 2.63. The van der Waals surface area contributed by atoms with Gasteiger partial charge in [-0.15, -0.1) is 0 Å². The van der Waals surface area contributed by atoms with Crippen LogP contribution in [-0.4, -0.2) is 46.7 Å². The fraction of sp³-hybridized carbons (Fsp3) is 0.222. The SMILES string of the molecule is O=C(N[C@@H](CS(=O)(=O)O)C(=O)O)c1ccccn1. The number of amides is 1. The van der Waals surface area contributed by atoms with Crippen molar-refractivity contribution in [3.63, 3.8) is 0 Å². The number of aromatic nitrogens is 1. The summed E-state index contributed by atoms with van der Waals surface area (Å²) in [7, 11) is -4.51. The van der Waals surface area contributed by atoms with Gasteiger partial charge in [0.2, 0.25) is 0 Å². The lowest BCUT2D eigenvalue weighted by molar-refractivity contribution is -0.138. The number of aliphatic carboxylic acids is 1. The van der Waals surface area contributed by atoms with Crippen molar-refractivity contribution in [2.24, 2.45) is 0 Å². The van der Waals surface area contributed by atoms with Crippen LogP contribution in [0, 0.1) is 0 Å². The number of pyridine rings is 1. The smallest absolute Gasteiger partial charge is 0.327 e. The van der Waals surface area contributed by atoms with Crippen LogP contribution in [0.2, 0.25) is 0 Å². The third kappa shape index (κ3) is 4.47. The van der Waals surface area contributed by atoms with Crippen molar-refractivity contribution in [3.8, 4) is 0 Å². The summed E-state index contributed by atoms with van der Waals surface area (Å²) < 4.78 is 29.7. The number of hydrogen-bond acceptors (Lipinski definition) is 5. The monoisotopic (exact) mass is 274 g/mol. The quantitative estimate of drug-likeness (QED) is 0.595. The van der Waals surface area contributed by atoms with Crippen LogP contribution in [0.1, 0.15) is 10.5 Å². The largest absolute Gasteiger partial charge is 0.480 e. The standard InChI is InChI=1S/C9H10N2O6S/c12-8(6-3-1-2-4-10-6)11-7(9(13)14)5-18(15,16)17/h1-4,7H,5H2,(H,11,12)(H,13,14)(H,15,16,17)/t7-/m0/s1. The van der Waals surface area contributed by atoms with Crippen molar-refractivity contribution >= 4 is 22.0 Å². The van der Waals surface area contributed by atoms with Gasteiger partial charge in [0.25, 0.3) is 16.0 Å². The first-order chi connectivity index (χ1) is 8.29. The van der Waals surface area contributed by atoms with Crippen LogP contribution in [0.3, 0.4) is 0 Å². The summed E-state index contributed by atoms with van der Waals surface area (Å²) in [6, 6.07) is 2.67. The average Bonchev–Trinajstić information content (AvgIpc) is 2.27. The van der Waals surface area contributed by atoms with E-state index >= 15 is 0 Å². The van der Waals surface area contributed by atoms with Gasteiger partial charge in [0, 0.05) is 6.20 Å². The molecule has 0 unspecified atom stereocenters. The number of nitrogens with zero attached hydrogens (tertiary/aromatic N) is 1. The molecule has 0 aliphatic carbocycles. The summed E-state index contributed by atoms with van der Waals surface area (Å²) in [4.78, 5) is 25.9. The Morgan fingerprint density at radius 3 is 2.50 bits per heavy atom. The second-order valence-electron chi connectivity index (χ2n) is 3.33. The number of carbonyl (C=O) groups excluding carboxylic acids is 1. The molecule has 1 atom stereocenters. The molecule has 0 radical (unpaired) electrons. The van der Waals surface area contributed by atoms with E-state index in [1.165, 1.54) is 18.3 Å². The molecular formula is C9H10N2O6S. The van der Waals surface area contributed by atoms with Crippen LogP contribution >= 0.6 is 0 Å². The van der Waals surface area contributed by atoms with Gasteiger partial charge < -0.3 is 10.4 Å². The minimum atomic E-state index is -4.51. The van der Waals surface area contributed by atoms with E-state index in [0.717, 1.165) is 0 Å². The van der Waals surface area contributed by atoms with Gasteiger partial charge in [0.1, 0.15) is 17.5 Å². The molecule has 0 aliphatic rings. The second kappa shape index (κ2) is 5.56.